The van der Waals surface area contributed by atoms with Crippen LogP contribution in [0.1, 0.15) is 28.8 Å². The predicted octanol–water partition coefficient (Wildman–Crippen LogP) is 4.20. The molecule has 3 aromatic carbocycles. The molecule has 1 aliphatic heterocycles. The van der Waals surface area contributed by atoms with Crippen LogP contribution < -0.4 is 10.6 Å². The fourth-order valence-electron chi connectivity index (χ4n) is 4.08. The number of nitrogens with one attached hydrogen (secondary N) is 2. The molecule has 1 aliphatic rings. The summed E-state index contributed by atoms with van der Waals surface area (Å²) in [5.41, 5.74) is 2.00. The number of hydrogen-bond acceptors (Lipinski definition) is 7. The van der Waals surface area contributed by atoms with E-state index >= 15 is 0 Å². The third-order valence-electron chi connectivity index (χ3n) is 5.83. The van der Waals surface area contributed by atoms with Gasteiger partial charge < -0.3 is 20.6 Å². The minimum atomic E-state index is -1.28. The summed E-state index contributed by atoms with van der Waals surface area (Å²) in [5.74, 6) is -1.45. The molecule has 1 saturated heterocycles. The third-order valence-corrected chi connectivity index (χ3v) is 6.59. The van der Waals surface area contributed by atoms with Gasteiger partial charge in [0, 0.05) is 5.38 Å². The van der Waals surface area contributed by atoms with Crippen LogP contribution in [-0.4, -0.2) is 33.9 Å². The number of anilines is 1. The molecule has 4 aromatic rings. The maximum Gasteiger partial charge on any atom is 0.360 e. The molecule has 1 amide bonds. The molecular formula is C27H22N4O4S. The molecule has 8 nitrogen and oxygen atoms in total. The summed E-state index contributed by atoms with van der Waals surface area (Å²) < 4.78 is 0. The van der Waals surface area contributed by atoms with E-state index in [0.29, 0.717) is 5.13 Å². The van der Waals surface area contributed by atoms with Crippen molar-refractivity contribution in [2.75, 3.05) is 5.32 Å². The lowest BCUT2D eigenvalue weighted by molar-refractivity contribution is -0.140. The van der Waals surface area contributed by atoms with Gasteiger partial charge >= 0.3 is 5.97 Å². The number of oxime groups is 1. The minimum Gasteiger partial charge on any atom is -0.476 e. The van der Waals surface area contributed by atoms with Crippen LogP contribution in [0.2, 0.25) is 0 Å². The number of aromatic nitrogens is 1. The zero-order chi connectivity index (χ0) is 25.0. The van der Waals surface area contributed by atoms with Gasteiger partial charge in [0.05, 0.1) is 6.42 Å². The Morgan fingerprint density at radius 2 is 1.47 bits per heavy atom. The first kappa shape index (κ1) is 23.3. The monoisotopic (exact) mass is 498 g/mol. The molecule has 0 aliphatic carbocycles. The van der Waals surface area contributed by atoms with Gasteiger partial charge in [-0.2, -0.15) is 0 Å². The smallest absolute Gasteiger partial charge is 0.360 e. The molecule has 1 atom stereocenters. The summed E-state index contributed by atoms with van der Waals surface area (Å²) in [6, 6.07) is 30.1. The number of carboxylic acids is 1. The highest BCUT2D eigenvalue weighted by Gasteiger charge is 2.37. The summed E-state index contributed by atoms with van der Waals surface area (Å²) in [6.45, 7) is 0. The van der Waals surface area contributed by atoms with Crippen molar-refractivity contribution < 1.29 is 19.5 Å². The zero-order valence-corrected chi connectivity index (χ0v) is 19.8. The number of nitrogens with zero attached hydrogens (tertiary/aromatic N) is 2. The van der Waals surface area contributed by atoms with E-state index in [0.717, 1.165) is 16.7 Å². The average Bonchev–Trinajstić information content (AvgIpc) is 3.35. The summed E-state index contributed by atoms with van der Waals surface area (Å²) in [6.07, 6.45) is -0.501. The summed E-state index contributed by atoms with van der Waals surface area (Å²) >= 11 is 1.27. The van der Waals surface area contributed by atoms with E-state index in [1.807, 2.05) is 91.0 Å². The van der Waals surface area contributed by atoms with Gasteiger partial charge in [-0.05, 0) is 16.7 Å². The normalized spacial score (nSPS) is 15.5. The van der Waals surface area contributed by atoms with Crippen molar-refractivity contribution in [1.82, 2.24) is 10.3 Å². The van der Waals surface area contributed by atoms with E-state index in [9.17, 15) is 14.7 Å². The largest absolute Gasteiger partial charge is 0.476 e. The Balaban J connectivity index is 1.57. The SMILES string of the molecule is O=C1CC(O/N=C(\C(=O)O)c2csc(NC(c3ccccc3)(c3ccccc3)c3ccccc3)n2)N1. The van der Waals surface area contributed by atoms with E-state index in [2.05, 4.69) is 20.8 Å². The summed E-state index contributed by atoms with van der Waals surface area (Å²) in [5, 5.41) is 21.7. The van der Waals surface area contributed by atoms with Crippen LogP contribution in [0.15, 0.2) is 102 Å². The second-order valence-corrected chi connectivity index (χ2v) is 8.98. The number of benzene rings is 3. The topological polar surface area (TPSA) is 113 Å². The van der Waals surface area contributed by atoms with Crippen LogP contribution in [0.3, 0.4) is 0 Å². The van der Waals surface area contributed by atoms with Crippen molar-refractivity contribution in [3.05, 3.63) is 119 Å². The maximum atomic E-state index is 11.9. The number of β-lactam (4-membered cyclic amide) rings is 1. The number of thiazole rings is 1. The van der Waals surface area contributed by atoms with Gasteiger partial charge in [0.25, 0.3) is 0 Å². The van der Waals surface area contributed by atoms with Gasteiger partial charge in [0.2, 0.25) is 17.8 Å². The highest BCUT2D eigenvalue weighted by atomic mass is 32.1. The van der Waals surface area contributed by atoms with Crippen molar-refractivity contribution in [3.8, 4) is 0 Å². The second kappa shape index (κ2) is 10.0. The van der Waals surface area contributed by atoms with Crippen molar-refractivity contribution in [3.63, 3.8) is 0 Å². The number of carboxylic acid groups (broad SMARTS) is 1. The van der Waals surface area contributed by atoms with Crippen LogP contribution in [0.5, 0.6) is 0 Å². The molecule has 36 heavy (non-hydrogen) atoms. The lowest BCUT2D eigenvalue weighted by Crippen LogP contribution is -2.49. The van der Waals surface area contributed by atoms with Gasteiger partial charge in [-0.1, -0.05) is 96.2 Å². The zero-order valence-electron chi connectivity index (χ0n) is 19.0. The average molecular weight is 499 g/mol. The van der Waals surface area contributed by atoms with E-state index < -0.39 is 17.7 Å². The molecule has 1 unspecified atom stereocenters. The number of amides is 1. The molecule has 0 radical (unpaired) electrons. The Morgan fingerprint density at radius 1 is 0.972 bits per heavy atom. The number of carbonyl (C=O) groups excluding carboxylic acids is 1. The Hall–Kier alpha value is -4.50. The number of carbonyl (C=O) groups is 2. The first-order chi connectivity index (χ1) is 17.6. The predicted molar refractivity (Wildman–Crippen MR) is 137 cm³/mol. The molecule has 5 rings (SSSR count). The first-order valence-electron chi connectivity index (χ1n) is 11.2. The standard InChI is InChI=1S/C27H22N4O4S/c32-22-16-23(29-22)35-31-24(25(33)34)21-17-36-26(28-21)30-27(18-10-4-1-5-11-18,19-12-6-2-7-13-19)20-14-8-3-9-15-20/h1-15,17,23H,16H2,(H,28,30)(H,29,32)(H,33,34)/b31-24-. The molecule has 9 heteroatoms. The van der Waals surface area contributed by atoms with Crippen molar-refractivity contribution in [2.45, 2.75) is 18.2 Å². The van der Waals surface area contributed by atoms with E-state index in [4.69, 9.17) is 4.84 Å². The molecule has 2 heterocycles. The Morgan fingerprint density at radius 3 is 1.92 bits per heavy atom. The van der Waals surface area contributed by atoms with Crippen LogP contribution in [0.25, 0.3) is 0 Å². The highest BCUT2D eigenvalue weighted by Crippen LogP contribution is 2.40. The molecule has 0 bridgehead atoms. The quantitative estimate of drug-likeness (QED) is 0.138. The Kier molecular flexibility index (Phi) is 6.46. The van der Waals surface area contributed by atoms with Crippen LogP contribution in [0.4, 0.5) is 5.13 Å². The number of hydrogen-bond donors (Lipinski definition) is 3. The lowest BCUT2D eigenvalue weighted by atomic mass is 9.77. The fourth-order valence-corrected chi connectivity index (χ4v) is 4.83. The maximum absolute atomic E-state index is 11.9. The van der Waals surface area contributed by atoms with E-state index in [1.165, 1.54) is 11.3 Å². The van der Waals surface area contributed by atoms with Gasteiger partial charge in [-0.3, -0.25) is 4.79 Å². The number of aliphatic carboxylic acids is 1. The van der Waals surface area contributed by atoms with Crippen LogP contribution in [0, 0.1) is 0 Å². The van der Waals surface area contributed by atoms with Gasteiger partial charge in [0.15, 0.2) is 5.13 Å². The van der Waals surface area contributed by atoms with E-state index in [-0.39, 0.29) is 23.7 Å². The van der Waals surface area contributed by atoms with Crippen molar-refractivity contribution >= 4 is 34.1 Å². The van der Waals surface area contributed by atoms with Crippen molar-refractivity contribution in [1.29, 1.82) is 0 Å². The number of rotatable bonds is 9. The molecular weight excluding hydrogens is 476 g/mol. The molecule has 1 aromatic heterocycles. The first-order valence-corrected chi connectivity index (χ1v) is 12.1. The van der Waals surface area contributed by atoms with Crippen LogP contribution >= 0.6 is 11.3 Å². The van der Waals surface area contributed by atoms with Gasteiger partial charge in [-0.25, -0.2) is 9.78 Å². The summed E-state index contributed by atoms with van der Waals surface area (Å²) in [7, 11) is 0. The third kappa shape index (κ3) is 4.56. The van der Waals surface area contributed by atoms with Crippen molar-refractivity contribution in [2.24, 2.45) is 5.16 Å². The van der Waals surface area contributed by atoms with Crippen LogP contribution in [-0.2, 0) is 20.0 Å². The lowest BCUT2D eigenvalue weighted by Gasteiger charge is -2.36. The highest BCUT2D eigenvalue weighted by molar-refractivity contribution is 7.14. The molecule has 0 saturated carbocycles. The molecule has 180 valence electrons. The second-order valence-electron chi connectivity index (χ2n) is 8.12. The minimum absolute atomic E-state index is 0.133. The Bertz CT molecular complexity index is 1290. The summed E-state index contributed by atoms with van der Waals surface area (Å²) in [4.78, 5) is 32.7. The van der Waals surface area contributed by atoms with E-state index in [1.54, 1.807) is 5.38 Å². The molecule has 1 fully saturated rings. The van der Waals surface area contributed by atoms with Gasteiger partial charge in [-0.15, -0.1) is 11.3 Å². The Labute approximate surface area is 211 Å². The molecule has 3 N–H and O–H groups in total. The molecule has 0 spiro atoms. The fraction of sp³-hybridized carbons (Fsp3) is 0.111. The van der Waals surface area contributed by atoms with Gasteiger partial charge in [0.1, 0.15) is 11.2 Å².